The van der Waals surface area contributed by atoms with E-state index in [2.05, 4.69) is 154 Å². The average molecular weight is 897 g/mol. The molecule has 0 spiro atoms. The quantitative estimate of drug-likeness (QED) is 0.0262. The van der Waals surface area contributed by atoms with E-state index >= 15 is 0 Å². The number of esters is 3. The Hall–Kier alpha value is -4.45. The Labute approximate surface area is 398 Å². The highest BCUT2D eigenvalue weighted by atomic mass is 16.6. The van der Waals surface area contributed by atoms with Crippen LogP contribution < -0.4 is 0 Å². The molecule has 6 heteroatoms. The summed E-state index contributed by atoms with van der Waals surface area (Å²) in [6.45, 7) is 6.26. The van der Waals surface area contributed by atoms with E-state index < -0.39 is 6.10 Å². The van der Waals surface area contributed by atoms with Crippen molar-refractivity contribution in [3.05, 3.63) is 134 Å². The second-order valence-corrected chi connectivity index (χ2v) is 16.3. The number of hydrogen-bond donors (Lipinski definition) is 0. The molecule has 1 atom stereocenters. The maximum atomic E-state index is 12.8. The lowest BCUT2D eigenvalue weighted by Crippen LogP contribution is -2.30. The molecule has 65 heavy (non-hydrogen) atoms. The molecule has 0 saturated carbocycles. The summed E-state index contributed by atoms with van der Waals surface area (Å²) in [6, 6.07) is 0. The normalized spacial score (nSPS) is 13.2. The smallest absolute Gasteiger partial charge is 0.306 e. The first-order valence-electron chi connectivity index (χ1n) is 25.7. The lowest BCUT2D eigenvalue weighted by molar-refractivity contribution is -0.167. The van der Waals surface area contributed by atoms with Gasteiger partial charge in [0.15, 0.2) is 6.10 Å². The van der Waals surface area contributed by atoms with Gasteiger partial charge in [0.1, 0.15) is 13.2 Å². The molecule has 6 nitrogen and oxygen atoms in total. The van der Waals surface area contributed by atoms with Crippen LogP contribution in [0.1, 0.15) is 201 Å². The highest BCUT2D eigenvalue weighted by Gasteiger charge is 2.19. The molecule has 0 aliphatic heterocycles. The van der Waals surface area contributed by atoms with Gasteiger partial charge in [-0.2, -0.15) is 0 Å². The Kier molecular flexibility index (Phi) is 48.6. The Morgan fingerprint density at radius 2 is 0.615 bits per heavy atom. The summed E-state index contributed by atoms with van der Waals surface area (Å²) in [5, 5.41) is 0. The van der Waals surface area contributed by atoms with Gasteiger partial charge in [-0.15, -0.1) is 0 Å². The zero-order valence-electron chi connectivity index (χ0n) is 41.4. The summed E-state index contributed by atoms with van der Waals surface area (Å²) in [7, 11) is 0. The Morgan fingerprint density at radius 3 is 1.02 bits per heavy atom. The fourth-order valence-electron chi connectivity index (χ4n) is 6.32. The minimum atomic E-state index is -0.835. The highest BCUT2D eigenvalue weighted by molar-refractivity contribution is 5.71. The first-order chi connectivity index (χ1) is 32.0. The van der Waals surface area contributed by atoms with Crippen molar-refractivity contribution < 1.29 is 28.6 Å². The molecular formula is C59H92O6. The number of rotatable bonds is 44. The van der Waals surface area contributed by atoms with Gasteiger partial charge < -0.3 is 14.2 Å². The number of carbonyl (C=O) groups excluding carboxylic acids is 3. The van der Waals surface area contributed by atoms with Crippen molar-refractivity contribution in [2.75, 3.05) is 13.2 Å². The lowest BCUT2D eigenvalue weighted by Gasteiger charge is -2.18. The largest absolute Gasteiger partial charge is 0.462 e. The Balaban J connectivity index is 4.61. The Bertz CT molecular complexity index is 1450. The van der Waals surface area contributed by atoms with Crippen LogP contribution in [0.5, 0.6) is 0 Å². The third kappa shape index (κ3) is 50.4. The molecule has 0 radical (unpaired) electrons. The van der Waals surface area contributed by atoms with Crippen LogP contribution in [0.3, 0.4) is 0 Å². The van der Waals surface area contributed by atoms with Gasteiger partial charge in [0, 0.05) is 19.3 Å². The average Bonchev–Trinajstić information content (AvgIpc) is 3.30. The van der Waals surface area contributed by atoms with Gasteiger partial charge in [0.05, 0.1) is 0 Å². The van der Waals surface area contributed by atoms with Crippen molar-refractivity contribution in [3.8, 4) is 0 Å². The molecule has 0 rings (SSSR count). The van der Waals surface area contributed by atoms with Gasteiger partial charge in [-0.25, -0.2) is 0 Å². The van der Waals surface area contributed by atoms with Crippen LogP contribution in [0.25, 0.3) is 0 Å². The van der Waals surface area contributed by atoms with E-state index in [0.29, 0.717) is 19.3 Å². The predicted molar refractivity (Wildman–Crippen MR) is 279 cm³/mol. The molecule has 0 aromatic carbocycles. The first kappa shape index (κ1) is 60.5. The number of unbranched alkanes of at least 4 members (excludes halogenated alkanes) is 11. The molecule has 0 N–H and O–H groups in total. The van der Waals surface area contributed by atoms with Crippen LogP contribution in [-0.2, 0) is 28.6 Å². The van der Waals surface area contributed by atoms with E-state index in [1.54, 1.807) is 0 Å². The molecule has 0 aromatic heterocycles. The minimum absolute atomic E-state index is 0.126. The predicted octanol–water partition coefficient (Wildman–Crippen LogP) is 17.1. The van der Waals surface area contributed by atoms with Crippen molar-refractivity contribution in [3.63, 3.8) is 0 Å². The maximum Gasteiger partial charge on any atom is 0.306 e. The summed E-state index contributed by atoms with van der Waals surface area (Å²) < 4.78 is 16.7. The van der Waals surface area contributed by atoms with Gasteiger partial charge in [-0.05, 0) is 128 Å². The van der Waals surface area contributed by atoms with E-state index in [-0.39, 0.29) is 44.0 Å². The van der Waals surface area contributed by atoms with E-state index in [1.165, 1.54) is 25.7 Å². The monoisotopic (exact) mass is 897 g/mol. The van der Waals surface area contributed by atoms with Crippen molar-refractivity contribution in [2.24, 2.45) is 0 Å². The summed E-state index contributed by atoms with van der Waals surface area (Å²) >= 11 is 0. The van der Waals surface area contributed by atoms with Gasteiger partial charge in [-0.3, -0.25) is 14.4 Å². The highest BCUT2D eigenvalue weighted by Crippen LogP contribution is 2.11. The second kappa shape index (κ2) is 52.2. The molecular weight excluding hydrogens is 805 g/mol. The zero-order valence-corrected chi connectivity index (χ0v) is 41.4. The van der Waals surface area contributed by atoms with Crippen LogP contribution in [0.15, 0.2) is 134 Å². The minimum Gasteiger partial charge on any atom is -0.462 e. The van der Waals surface area contributed by atoms with Crippen LogP contribution >= 0.6 is 0 Å². The molecule has 0 amide bonds. The summed E-state index contributed by atoms with van der Waals surface area (Å²) in [4.78, 5) is 38.0. The lowest BCUT2D eigenvalue weighted by atomic mass is 10.1. The van der Waals surface area contributed by atoms with Crippen molar-refractivity contribution in [2.45, 2.75) is 207 Å². The molecule has 0 unspecified atom stereocenters. The molecule has 0 aromatic rings. The topological polar surface area (TPSA) is 78.9 Å². The van der Waals surface area contributed by atoms with Gasteiger partial charge in [0.2, 0.25) is 0 Å². The molecule has 0 fully saturated rings. The van der Waals surface area contributed by atoms with Crippen LogP contribution in [0, 0.1) is 0 Å². The summed E-state index contributed by atoms with van der Waals surface area (Å²) in [5.74, 6) is -1.05. The van der Waals surface area contributed by atoms with Crippen LogP contribution in [0.2, 0.25) is 0 Å². The second-order valence-electron chi connectivity index (χ2n) is 16.3. The number of carbonyl (C=O) groups is 3. The summed E-state index contributed by atoms with van der Waals surface area (Å²) in [6.07, 6.45) is 73.0. The van der Waals surface area contributed by atoms with Crippen LogP contribution in [-0.4, -0.2) is 37.2 Å². The molecule has 364 valence electrons. The van der Waals surface area contributed by atoms with E-state index in [9.17, 15) is 14.4 Å². The summed E-state index contributed by atoms with van der Waals surface area (Å²) in [5.41, 5.74) is 0. The van der Waals surface area contributed by atoms with Crippen molar-refractivity contribution >= 4 is 17.9 Å². The third-order valence-corrected chi connectivity index (χ3v) is 10.1. The van der Waals surface area contributed by atoms with Crippen molar-refractivity contribution in [1.29, 1.82) is 0 Å². The van der Waals surface area contributed by atoms with Crippen LogP contribution in [0.4, 0.5) is 0 Å². The number of hydrogen-bond acceptors (Lipinski definition) is 6. The number of allylic oxidation sites excluding steroid dienone is 22. The fraction of sp³-hybridized carbons (Fsp3) is 0.576. The Morgan fingerprint density at radius 1 is 0.323 bits per heavy atom. The SMILES string of the molecule is CC/C=C\C/C=C\C/C=C\C/C=C\C/C=C\CCCC(=O)O[C@H](COC(=O)CCCC/C=C\C/C=C\C/C=C\C/C=C\CC)COC(=O)CCCCCCC/C=C\C/C=C\CCCCC. The standard InChI is InChI=1S/C59H92O6/c1-4-7-10-13-16-19-22-25-28-29-32-35-38-41-44-47-50-53-59(62)65-56(54-63-57(60)51-48-45-42-39-36-33-30-26-23-20-17-14-11-8-5-2)55-64-58(61)52-49-46-43-40-37-34-31-27-24-21-18-15-12-9-6-3/h7-8,10-11,16-21,25-28,30-32,35-36,39,41,44,56H,4-6,9,12-15,22-24,29,33-34,37-38,40,42-43,45-55H2,1-3H3/b10-7-,11-8-,19-16-,20-17-,21-18-,28-25-,30-26-,31-27-,35-32-,39-36-,44-41-/t56-/m1/s1. The fourth-order valence-corrected chi connectivity index (χ4v) is 6.32. The molecule has 0 aliphatic carbocycles. The molecule has 0 heterocycles. The van der Waals surface area contributed by atoms with Gasteiger partial charge >= 0.3 is 17.9 Å². The van der Waals surface area contributed by atoms with E-state index in [1.807, 2.05) is 0 Å². The van der Waals surface area contributed by atoms with Crippen molar-refractivity contribution in [1.82, 2.24) is 0 Å². The van der Waals surface area contributed by atoms with E-state index in [0.717, 1.165) is 122 Å². The number of ether oxygens (including phenoxy) is 3. The molecule has 0 saturated heterocycles. The molecule has 0 bridgehead atoms. The zero-order chi connectivity index (χ0) is 47.2. The first-order valence-corrected chi connectivity index (χ1v) is 25.7. The third-order valence-electron chi connectivity index (χ3n) is 10.1. The maximum absolute atomic E-state index is 12.8. The van der Waals surface area contributed by atoms with Gasteiger partial charge in [-0.1, -0.05) is 187 Å². The van der Waals surface area contributed by atoms with Gasteiger partial charge in [0.25, 0.3) is 0 Å². The van der Waals surface area contributed by atoms with E-state index in [4.69, 9.17) is 14.2 Å². The molecule has 0 aliphatic rings.